The second-order valence-electron chi connectivity index (χ2n) is 14.9. The second kappa shape index (κ2) is 12.5. The molecule has 0 aliphatic heterocycles. The van der Waals surface area contributed by atoms with Crippen LogP contribution >= 0.6 is 0 Å². The number of para-hydroxylation sites is 7. The van der Waals surface area contributed by atoms with Crippen molar-refractivity contribution >= 4 is 65.4 Å². The van der Waals surface area contributed by atoms with Crippen molar-refractivity contribution in [3.8, 4) is 39.3 Å². The van der Waals surface area contributed by atoms with Crippen molar-refractivity contribution < 1.29 is 0 Å². The maximum Gasteiger partial charge on any atom is 0.0627 e. The van der Waals surface area contributed by atoms with Gasteiger partial charge in [0.25, 0.3) is 0 Å². The summed E-state index contributed by atoms with van der Waals surface area (Å²) in [6.45, 7) is 0. The quantitative estimate of drug-likeness (QED) is 0.168. The number of benzene rings is 9. The third-order valence-electron chi connectivity index (χ3n) is 11.8. The molecule has 266 valence electrons. The van der Waals surface area contributed by atoms with Gasteiger partial charge in [0.05, 0.1) is 38.8 Å². The Bertz CT molecular complexity index is 3500. The highest BCUT2D eigenvalue weighted by atomic mass is 15.0. The first-order chi connectivity index (χ1) is 28.3. The summed E-state index contributed by atoms with van der Waals surface area (Å²) in [4.78, 5) is 0. The molecule has 0 saturated carbocycles. The van der Waals surface area contributed by atoms with Gasteiger partial charge in [0.15, 0.2) is 0 Å². The first-order valence-electron chi connectivity index (χ1n) is 19.6. The van der Waals surface area contributed by atoms with E-state index >= 15 is 0 Å². The fraction of sp³-hybridized carbons (Fsp3) is 0. The number of aromatic nitrogens is 3. The van der Waals surface area contributed by atoms with E-state index in [4.69, 9.17) is 0 Å². The molecule has 3 heterocycles. The van der Waals surface area contributed by atoms with Crippen molar-refractivity contribution in [3.63, 3.8) is 0 Å². The van der Waals surface area contributed by atoms with E-state index < -0.39 is 0 Å². The largest absolute Gasteiger partial charge is 0.309 e. The molecule has 3 nitrogen and oxygen atoms in total. The van der Waals surface area contributed by atoms with Crippen molar-refractivity contribution in [2.45, 2.75) is 0 Å². The molecule has 12 aromatic rings. The minimum absolute atomic E-state index is 1.14. The summed E-state index contributed by atoms with van der Waals surface area (Å²) in [7, 11) is 0. The fourth-order valence-corrected chi connectivity index (χ4v) is 9.53. The zero-order chi connectivity index (χ0) is 37.5. The average molecular weight is 726 g/mol. The molecule has 0 unspecified atom stereocenters. The summed E-state index contributed by atoms with van der Waals surface area (Å²) in [6, 6.07) is 77.4. The summed E-state index contributed by atoms with van der Waals surface area (Å²) < 4.78 is 7.44. The smallest absolute Gasteiger partial charge is 0.0627 e. The number of rotatable bonds is 5. The van der Waals surface area contributed by atoms with Crippen molar-refractivity contribution in [1.82, 2.24) is 13.7 Å². The summed E-state index contributed by atoms with van der Waals surface area (Å²) in [5.41, 5.74) is 15.4. The van der Waals surface area contributed by atoms with Crippen LogP contribution in [0.15, 0.2) is 212 Å². The lowest BCUT2D eigenvalue weighted by atomic mass is 9.97. The minimum Gasteiger partial charge on any atom is -0.309 e. The standard InChI is InChI=1S/C54H35N3/c1-4-19-36(20-5-1)45-35-50-51(43-27-12-16-33-48(43)55(50)37-21-6-2-7-22-37)52-44-28-13-17-34-49(44)57(54(45)52)47-32-15-11-26-40(47)42-30-18-29-41-39-25-10-14-31-46(39)56(53(41)42)38-23-8-3-9-24-38/h1-35H. The molecule has 0 fully saturated rings. The highest BCUT2D eigenvalue weighted by Gasteiger charge is 2.26. The Hall–Kier alpha value is -7.62. The van der Waals surface area contributed by atoms with E-state index in [-0.39, 0.29) is 0 Å². The Morgan fingerprint density at radius 2 is 0.754 bits per heavy atom. The van der Waals surface area contributed by atoms with Gasteiger partial charge >= 0.3 is 0 Å². The second-order valence-corrected chi connectivity index (χ2v) is 14.9. The molecule has 3 aromatic heterocycles. The van der Waals surface area contributed by atoms with Gasteiger partial charge in [-0.3, -0.25) is 0 Å². The maximum atomic E-state index is 2.55. The van der Waals surface area contributed by atoms with Crippen molar-refractivity contribution in [1.29, 1.82) is 0 Å². The van der Waals surface area contributed by atoms with Gasteiger partial charge < -0.3 is 13.7 Å². The van der Waals surface area contributed by atoms with Gasteiger partial charge in [0.2, 0.25) is 0 Å². The van der Waals surface area contributed by atoms with Crippen LogP contribution in [0, 0.1) is 0 Å². The van der Waals surface area contributed by atoms with E-state index in [0.29, 0.717) is 0 Å². The Morgan fingerprint density at radius 3 is 1.46 bits per heavy atom. The SMILES string of the molecule is c1ccc(-c2cc3c(c4ccccc4n3-c3ccccc3)c3c4ccccc4n(-c4ccccc4-c4cccc5c6ccccc6n(-c6ccccc6)c45)c23)cc1. The van der Waals surface area contributed by atoms with Gasteiger partial charge in [0, 0.05) is 60.4 Å². The van der Waals surface area contributed by atoms with Crippen LogP contribution in [0.1, 0.15) is 0 Å². The Kier molecular flexibility index (Phi) is 6.93. The predicted octanol–water partition coefficient (Wildman–Crippen LogP) is 14.3. The van der Waals surface area contributed by atoms with Gasteiger partial charge in [-0.25, -0.2) is 0 Å². The predicted molar refractivity (Wildman–Crippen MR) is 240 cm³/mol. The van der Waals surface area contributed by atoms with Crippen LogP contribution in [0.4, 0.5) is 0 Å². The monoisotopic (exact) mass is 725 g/mol. The lowest BCUT2D eigenvalue weighted by molar-refractivity contribution is 1.17. The highest BCUT2D eigenvalue weighted by Crippen LogP contribution is 2.48. The van der Waals surface area contributed by atoms with Gasteiger partial charge in [0.1, 0.15) is 0 Å². The third kappa shape index (κ3) is 4.60. The first kappa shape index (κ1) is 31.7. The molecule has 57 heavy (non-hydrogen) atoms. The fourth-order valence-electron chi connectivity index (χ4n) is 9.53. The Morgan fingerprint density at radius 1 is 0.263 bits per heavy atom. The number of hydrogen-bond acceptors (Lipinski definition) is 0. The van der Waals surface area contributed by atoms with Crippen LogP contribution in [0.2, 0.25) is 0 Å². The molecule has 0 aliphatic carbocycles. The molecule has 0 atom stereocenters. The van der Waals surface area contributed by atoms with E-state index in [9.17, 15) is 0 Å². The third-order valence-corrected chi connectivity index (χ3v) is 11.8. The lowest BCUT2D eigenvalue weighted by Crippen LogP contribution is -2.01. The highest BCUT2D eigenvalue weighted by molar-refractivity contribution is 6.31. The Labute approximate surface area is 329 Å². The summed E-state index contributed by atoms with van der Waals surface area (Å²) >= 11 is 0. The molecule has 3 heteroatoms. The van der Waals surface area contributed by atoms with Crippen LogP contribution in [-0.2, 0) is 0 Å². The molecule has 0 aliphatic rings. The van der Waals surface area contributed by atoms with Crippen LogP contribution < -0.4 is 0 Å². The molecule has 0 amide bonds. The van der Waals surface area contributed by atoms with Gasteiger partial charge in [-0.1, -0.05) is 158 Å². The summed E-state index contributed by atoms with van der Waals surface area (Å²) in [5, 5.41) is 7.49. The van der Waals surface area contributed by atoms with Gasteiger partial charge in [-0.2, -0.15) is 0 Å². The molecule has 0 radical (unpaired) electrons. The molecule has 12 rings (SSSR count). The first-order valence-corrected chi connectivity index (χ1v) is 19.6. The number of fused-ring (bicyclic) bond motifs is 10. The van der Waals surface area contributed by atoms with E-state index in [1.54, 1.807) is 0 Å². The van der Waals surface area contributed by atoms with E-state index in [2.05, 4.69) is 226 Å². The number of hydrogen-bond donors (Lipinski definition) is 0. The maximum absolute atomic E-state index is 2.55. The molecule has 9 aromatic carbocycles. The van der Waals surface area contributed by atoms with Crippen molar-refractivity contribution in [2.75, 3.05) is 0 Å². The normalized spacial score (nSPS) is 11.9. The molecule has 0 bridgehead atoms. The lowest BCUT2D eigenvalue weighted by Gasteiger charge is -2.18. The molecule has 0 spiro atoms. The topological polar surface area (TPSA) is 14.8 Å². The molecular weight excluding hydrogens is 691 g/mol. The number of nitrogens with zero attached hydrogens (tertiary/aromatic N) is 3. The summed E-state index contributed by atoms with van der Waals surface area (Å²) in [6.07, 6.45) is 0. The zero-order valence-electron chi connectivity index (χ0n) is 31.0. The van der Waals surface area contributed by atoms with Crippen LogP contribution in [0.3, 0.4) is 0 Å². The van der Waals surface area contributed by atoms with Crippen LogP contribution in [0.5, 0.6) is 0 Å². The van der Waals surface area contributed by atoms with Gasteiger partial charge in [-0.05, 0) is 60.2 Å². The van der Waals surface area contributed by atoms with Crippen molar-refractivity contribution in [2.24, 2.45) is 0 Å². The molecule has 0 N–H and O–H groups in total. The zero-order valence-corrected chi connectivity index (χ0v) is 31.0. The molecular formula is C54H35N3. The van der Waals surface area contributed by atoms with Crippen LogP contribution in [0.25, 0.3) is 105 Å². The van der Waals surface area contributed by atoms with Crippen molar-refractivity contribution in [3.05, 3.63) is 212 Å². The molecule has 0 saturated heterocycles. The van der Waals surface area contributed by atoms with E-state index in [1.807, 2.05) is 0 Å². The minimum atomic E-state index is 1.14. The van der Waals surface area contributed by atoms with E-state index in [1.165, 1.54) is 87.7 Å². The van der Waals surface area contributed by atoms with Crippen LogP contribution in [-0.4, -0.2) is 13.7 Å². The average Bonchev–Trinajstić information content (AvgIpc) is 3.93. The summed E-state index contributed by atoms with van der Waals surface area (Å²) in [5.74, 6) is 0. The van der Waals surface area contributed by atoms with Gasteiger partial charge in [-0.15, -0.1) is 0 Å². The Balaban J connectivity index is 1.27. The van der Waals surface area contributed by atoms with E-state index in [0.717, 1.165) is 17.1 Å².